The first-order valence-electron chi connectivity index (χ1n) is 8.60. The topological polar surface area (TPSA) is 49.4 Å². The van der Waals surface area contributed by atoms with Crippen LogP contribution in [0.1, 0.15) is 52.0 Å². The van der Waals surface area contributed by atoms with Crippen molar-refractivity contribution in [3.8, 4) is 0 Å². The molecule has 0 aliphatic rings. The Morgan fingerprint density at radius 3 is 2.33 bits per heavy atom. The van der Waals surface area contributed by atoms with Crippen LogP contribution in [-0.2, 0) is 9.59 Å². The van der Waals surface area contributed by atoms with Gasteiger partial charge in [-0.3, -0.25) is 9.59 Å². The average molecular weight is 351 g/mol. The molecule has 1 aromatic rings. The highest BCUT2D eigenvalue weighted by Gasteiger charge is 2.22. The van der Waals surface area contributed by atoms with E-state index in [2.05, 4.69) is 50.4 Å². The van der Waals surface area contributed by atoms with Crippen molar-refractivity contribution >= 4 is 23.6 Å². The quantitative estimate of drug-likeness (QED) is 0.691. The van der Waals surface area contributed by atoms with Crippen LogP contribution in [0.2, 0.25) is 0 Å². The molecule has 5 heteroatoms. The van der Waals surface area contributed by atoms with E-state index < -0.39 is 6.04 Å². The summed E-state index contributed by atoms with van der Waals surface area (Å²) in [6.45, 7) is 8.60. The largest absolute Gasteiger partial charge is 0.344 e. The normalized spacial score (nSPS) is 12.1. The number of hydrogen-bond donors (Lipinski definition) is 1. The molecule has 0 aromatic heterocycles. The maximum absolute atomic E-state index is 12.5. The van der Waals surface area contributed by atoms with Gasteiger partial charge >= 0.3 is 0 Å². The first kappa shape index (κ1) is 20.6. The number of thioether (sulfide) groups is 1. The summed E-state index contributed by atoms with van der Waals surface area (Å²) in [5.41, 5.74) is 1.30. The number of hydrogen-bond acceptors (Lipinski definition) is 3. The molecule has 1 aromatic carbocycles. The minimum absolute atomic E-state index is 0.0232. The number of benzene rings is 1. The number of rotatable bonds is 9. The number of carbonyl (C=O) groups excluding carboxylic acids is 2. The fourth-order valence-electron chi connectivity index (χ4n) is 2.32. The molecule has 0 radical (unpaired) electrons. The zero-order valence-corrected chi connectivity index (χ0v) is 16.3. The van der Waals surface area contributed by atoms with E-state index >= 15 is 0 Å². The highest BCUT2D eigenvalue weighted by Crippen LogP contribution is 2.22. The SMILES string of the molecule is CCCCN(C)C(=O)C(CSc1ccc(C(C)C)cc1)NC(C)=O. The van der Waals surface area contributed by atoms with Crippen LogP contribution in [0.3, 0.4) is 0 Å². The average Bonchev–Trinajstić information content (AvgIpc) is 2.55. The molecule has 2 amide bonds. The third-order valence-electron chi connectivity index (χ3n) is 3.86. The van der Waals surface area contributed by atoms with Gasteiger partial charge in [-0.05, 0) is 30.0 Å². The molecule has 0 heterocycles. The Labute approximate surface area is 150 Å². The van der Waals surface area contributed by atoms with E-state index in [0.717, 1.165) is 24.3 Å². The first-order chi connectivity index (χ1) is 11.3. The molecule has 0 aliphatic carbocycles. The summed E-state index contributed by atoms with van der Waals surface area (Å²) in [6, 6.07) is 7.91. The predicted octanol–water partition coefficient (Wildman–Crippen LogP) is 3.67. The fraction of sp³-hybridized carbons (Fsp3) is 0.579. The Hall–Kier alpha value is -1.49. The molecule has 1 N–H and O–H groups in total. The number of nitrogens with zero attached hydrogens (tertiary/aromatic N) is 1. The van der Waals surface area contributed by atoms with E-state index in [1.807, 2.05) is 0 Å². The van der Waals surface area contributed by atoms with E-state index in [1.54, 1.807) is 23.7 Å². The molecule has 0 spiro atoms. The molecule has 1 rings (SSSR count). The fourth-order valence-corrected chi connectivity index (χ4v) is 3.23. The van der Waals surface area contributed by atoms with Gasteiger partial charge < -0.3 is 10.2 Å². The Balaban J connectivity index is 2.68. The van der Waals surface area contributed by atoms with Crippen molar-refractivity contribution in [1.82, 2.24) is 10.2 Å². The van der Waals surface area contributed by atoms with E-state index in [4.69, 9.17) is 0 Å². The Kier molecular flexibility index (Phi) is 8.90. The van der Waals surface area contributed by atoms with Crippen molar-refractivity contribution in [3.63, 3.8) is 0 Å². The second kappa shape index (κ2) is 10.4. The van der Waals surface area contributed by atoms with Gasteiger partial charge in [-0.1, -0.05) is 39.3 Å². The summed E-state index contributed by atoms with van der Waals surface area (Å²) in [4.78, 5) is 26.8. The second-order valence-electron chi connectivity index (χ2n) is 6.40. The highest BCUT2D eigenvalue weighted by molar-refractivity contribution is 7.99. The lowest BCUT2D eigenvalue weighted by atomic mass is 10.0. The van der Waals surface area contributed by atoms with Gasteiger partial charge in [0.25, 0.3) is 0 Å². The molecule has 0 aliphatic heterocycles. The Morgan fingerprint density at radius 2 is 1.83 bits per heavy atom. The van der Waals surface area contributed by atoms with Gasteiger partial charge in [-0.15, -0.1) is 11.8 Å². The Bertz CT molecular complexity index is 529. The van der Waals surface area contributed by atoms with Crippen molar-refractivity contribution < 1.29 is 9.59 Å². The van der Waals surface area contributed by atoms with Crippen molar-refractivity contribution in [2.24, 2.45) is 0 Å². The van der Waals surface area contributed by atoms with Crippen LogP contribution in [0.25, 0.3) is 0 Å². The summed E-state index contributed by atoms with van der Waals surface area (Å²) in [7, 11) is 1.80. The lowest BCUT2D eigenvalue weighted by molar-refractivity contribution is -0.134. The molecule has 1 atom stereocenters. The third-order valence-corrected chi connectivity index (χ3v) is 4.97. The van der Waals surface area contributed by atoms with E-state index in [9.17, 15) is 9.59 Å². The van der Waals surface area contributed by atoms with Crippen LogP contribution in [0, 0.1) is 0 Å². The smallest absolute Gasteiger partial charge is 0.245 e. The lowest BCUT2D eigenvalue weighted by Crippen LogP contribution is -2.48. The van der Waals surface area contributed by atoms with Gasteiger partial charge in [-0.2, -0.15) is 0 Å². The number of likely N-dealkylation sites (N-methyl/N-ethyl adjacent to an activating group) is 1. The summed E-state index contributed by atoms with van der Waals surface area (Å²) < 4.78 is 0. The number of carbonyl (C=O) groups is 2. The van der Waals surface area contributed by atoms with Crippen molar-refractivity contribution in [2.75, 3.05) is 19.3 Å². The zero-order chi connectivity index (χ0) is 18.1. The van der Waals surface area contributed by atoms with Gasteiger partial charge in [0, 0.05) is 31.2 Å². The van der Waals surface area contributed by atoms with Gasteiger partial charge in [0.2, 0.25) is 11.8 Å². The van der Waals surface area contributed by atoms with Gasteiger partial charge in [-0.25, -0.2) is 0 Å². The molecule has 4 nitrogen and oxygen atoms in total. The van der Waals surface area contributed by atoms with Crippen LogP contribution in [-0.4, -0.2) is 42.1 Å². The maximum Gasteiger partial charge on any atom is 0.245 e. The monoisotopic (exact) mass is 350 g/mol. The zero-order valence-electron chi connectivity index (χ0n) is 15.5. The minimum Gasteiger partial charge on any atom is -0.344 e. The van der Waals surface area contributed by atoms with Crippen LogP contribution < -0.4 is 5.32 Å². The van der Waals surface area contributed by atoms with E-state index in [0.29, 0.717) is 11.7 Å². The summed E-state index contributed by atoms with van der Waals surface area (Å²) >= 11 is 1.60. The third kappa shape index (κ3) is 6.95. The Morgan fingerprint density at radius 1 is 1.21 bits per heavy atom. The van der Waals surface area contributed by atoms with Crippen LogP contribution >= 0.6 is 11.8 Å². The highest BCUT2D eigenvalue weighted by atomic mass is 32.2. The van der Waals surface area contributed by atoms with Crippen molar-refractivity contribution in [1.29, 1.82) is 0 Å². The first-order valence-corrected chi connectivity index (χ1v) is 9.58. The minimum atomic E-state index is -0.487. The molecule has 0 bridgehead atoms. The van der Waals surface area contributed by atoms with Crippen LogP contribution in [0.4, 0.5) is 0 Å². The van der Waals surface area contributed by atoms with E-state index in [1.165, 1.54) is 12.5 Å². The molecule has 0 saturated carbocycles. The molecule has 0 saturated heterocycles. The second-order valence-corrected chi connectivity index (χ2v) is 7.49. The molecular formula is C19H30N2O2S. The summed E-state index contributed by atoms with van der Waals surface area (Å²) in [6.07, 6.45) is 2.01. The molecule has 0 fully saturated rings. The van der Waals surface area contributed by atoms with Crippen molar-refractivity contribution in [3.05, 3.63) is 29.8 Å². The maximum atomic E-state index is 12.5. The van der Waals surface area contributed by atoms with Gasteiger partial charge in [0.05, 0.1) is 0 Å². The molecule has 134 valence electrons. The number of nitrogens with one attached hydrogen (secondary N) is 1. The lowest BCUT2D eigenvalue weighted by Gasteiger charge is -2.24. The number of unbranched alkanes of at least 4 members (excludes halogenated alkanes) is 1. The summed E-state index contributed by atoms with van der Waals surface area (Å²) in [5.74, 6) is 0.846. The van der Waals surface area contributed by atoms with Crippen LogP contribution in [0.15, 0.2) is 29.2 Å². The predicted molar refractivity (Wildman–Crippen MR) is 101 cm³/mol. The van der Waals surface area contributed by atoms with Crippen molar-refractivity contribution in [2.45, 2.75) is 57.4 Å². The summed E-state index contributed by atoms with van der Waals surface area (Å²) in [5, 5.41) is 2.79. The van der Waals surface area contributed by atoms with Gasteiger partial charge in [0.15, 0.2) is 0 Å². The van der Waals surface area contributed by atoms with Crippen LogP contribution in [0.5, 0.6) is 0 Å². The van der Waals surface area contributed by atoms with Gasteiger partial charge in [0.1, 0.15) is 6.04 Å². The molecule has 1 unspecified atom stereocenters. The van der Waals surface area contributed by atoms with E-state index in [-0.39, 0.29) is 11.8 Å². The molecule has 24 heavy (non-hydrogen) atoms. The standard InChI is InChI=1S/C19H30N2O2S/c1-6-7-12-21(5)19(23)18(20-15(4)22)13-24-17-10-8-16(9-11-17)14(2)3/h8-11,14,18H,6-7,12-13H2,1-5H3,(H,20,22). The molecular weight excluding hydrogens is 320 g/mol. The number of amides is 2.